The van der Waals surface area contributed by atoms with E-state index >= 15 is 0 Å². The van der Waals surface area contributed by atoms with Crippen molar-refractivity contribution in [3.05, 3.63) is 0 Å². The second kappa shape index (κ2) is 8.62. The number of carbonyl (C=O) groups is 1. The number of aliphatic hydroxyl groups is 1. The average Bonchev–Trinajstić information content (AvgIpc) is 2.41. The van der Waals surface area contributed by atoms with Gasteiger partial charge in [-0.05, 0) is 51.9 Å². The summed E-state index contributed by atoms with van der Waals surface area (Å²) in [5.41, 5.74) is -0.421. The van der Waals surface area contributed by atoms with Crippen molar-refractivity contribution in [2.45, 2.75) is 71.3 Å². The molecule has 0 aromatic rings. The quantitative estimate of drug-likeness (QED) is 0.811. The lowest BCUT2D eigenvalue weighted by molar-refractivity contribution is 0.0286. The summed E-state index contributed by atoms with van der Waals surface area (Å²) in [6.07, 6.45) is 8.04. The highest BCUT2D eigenvalue weighted by molar-refractivity contribution is 5.67. The topological polar surface area (TPSA) is 49.8 Å². The molecule has 0 heterocycles. The van der Waals surface area contributed by atoms with Crippen molar-refractivity contribution in [3.8, 4) is 0 Å². The van der Waals surface area contributed by atoms with E-state index in [9.17, 15) is 4.79 Å². The Kier molecular flexibility index (Phi) is 7.50. The number of carbonyl (C=O) groups excluding carboxylic acids is 1. The summed E-state index contributed by atoms with van der Waals surface area (Å²) in [7, 11) is 1.82. The Bertz CT molecular complexity index is 304. The van der Waals surface area contributed by atoms with Crippen molar-refractivity contribution in [1.29, 1.82) is 0 Å². The van der Waals surface area contributed by atoms with Gasteiger partial charge in [0.05, 0.1) is 0 Å². The van der Waals surface area contributed by atoms with Gasteiger partial charge in [0.25, 0.3) is 0 Å². The van der Waals surface area contributed by atoms with Crippen LogP contribution in [0.4, 0.5) is 4.79 Å². The Morgan fingerprint density at radius 1 is 1.14 bits per heavy atom. The zero-order chi connectivity index (χ0) is 15.9. The smallest absolute Gasteiger partial charge is 0.410 e. The molecule has 1 N–H and O–H groups in total. The van der Waals surface area contributed by atoms with Gasteiger partial charge in [-0.2, -0.15) is 0 Å². The van der Waals surface area contributed by atoms with Crippen molar-refractivity contribution in [3.63, 3.8) is 0 Å². The van der Waals surface area contributed by atoms with Crippen LogP contribution < -0.4 is 0 Å². The fourth-order valence-electron chi connectivity index (χ4n) is 3.00. The molecule has 124 valence electrons. The Balaban J connectivity index is 2.20. The molecule has 0 spiro atoms. The third kappa shape index (κ3) is 7.70. The molecule has 0 unspecified atom stereocenters. The predicted molar refractivity (Wildman–Crippen MR) is 85.2 cm³/mol. The molecule has 1 saturated carbocycles. The van der Waals surface area contributed by atoms with E-state index in [-0.39, 0.29) is 6.09 Å². The molecule has 0 bridgehead atoms. The molecule has 21 heavy (non-hydrogen) atoms. The number of amides is 1. The molecule has 0 saturated heterocycles. The molecule has 1 fully saturated rings. The molecule has 0 aromatic heterocycles. The number of hydrogen-bond donors (Lipinski definition) is 1. The molecule has 4 nitrogen and oxygen atoms in total. The Morgan fingerprint density at radius 3 is 2.14 bits per heavy atom. The number of aliphatic hydroxyl groups excluding tert-OH is 1. The van der Waals surface area contributed by atoms with Gasteiger partial charge in [-0.1, -0.05) is 25.7 Å². The van der Waals surface area contributed by atoms with Crippen LogP contribution in [0.3, 0.4) is 0 Å². The summed E-state index contributed by atoms with van der Waals surface area (Å²) in [5.74, 6) is 1.54. The Morgan fingerprint density at radius 2 is 1.67 bits per heavy atom. The first kappa shape index (κ1) is 18.3. The van der Waals surface area contributed by atoms with Gasteiger partial charge in [-0.15, -0.1) is 0 Å². The molecule has 0 aromatic carbocycles. The zero-order valence-electron chi connectivity index (χ0n) is 14.2. The summed E-state index contributed by atoms with van der Waals surface area (Å²) in [5, 5.41) is 8.88. The lowest BCUT2D eigenvalue weighted by Gasteiger charge is -2.30. The maximum absolute atomic E-state index is 11.9. The van der Waals surface area contributed by atoms with E-state index in [0.717, 1.165) is 31.2 Å². The molecule has 1 rings (SSSR count). The highest BCUT2D eigenvalue weighted by atomic mass is 16.6. The molecule has 1 aliphatic rings. The van der Waals surface area contributed by atoms with E-state index in [1.54, 1.807) is 4.90 Å². The number of ether oxygens (including phenoxy) is 1. The maximum Gasteiger partial charge on any atom is 0.410 e. The second-order valence-corrected chi connectivity index (χ2v) is 7.44. The molecule has 4 heteroatoms. The molecule has 0 radical (unpaired) electrons. The summed E-state index contributed by atoms with van der Waals surface area (Å²) < 4.78 is 5.36. The van der Waals surface area contributed by atoms with E-state index in [2.05, 4.69) is 0 Å². The van der Waals surface area contributed by atoms with Crippen LogP contribution in [0.1, 0.15) is 65.7 Å². The van der Waals surface area contributed by atoms with Crippen LogP contribution >= 0.6 is 0 Å². The van der Waals surface area contributed by atoms with Crippen molar-refractivity contribution >= 4 is 6.09 Å². The first-order valence-corrected chi connectivity index (χ1v) is 8.37. The SMILES string of the molecule is CN(CCC1CCC(CCCO)CC1)C(=O)OC(C)(C)C. The van der Waals surface area contributed by atoms with Crippen LogP contribution in [0.5, 0.6) is 0 Å². The fourth-order valence-corrected chi connectivity index (χ4v) is 3.00. The molecular weight excluding hydrogens is 266 g/mol. The summed E-state index contributed by atoms with van der Waals surface area (Å²) >= 11 is 0. The van der Waals surface area contributed by atoms with E-state index in [4.69, 9.17) is 9.84 Å². The predicted octanol–water partition coefficient (Wildman–Crippen LogP) is 3.82. The van der Waals surface area contributed by atoms with Crippen LogP contribution in [-0.2, 0) is 4.74 Å². The summed E-state index contributed by atoms with van der Waals surface area (Å²) in [6, 6.07) is 0. The molecule has 1 amide bonds. The van der Waals surface area contributed by atoms with Gasteiger partial charge in [0.2, 0.25) is 0 Å². The van der Waals surface area contributed by atoms with Gasteiger partial charge in [0.1, 0.15) is 5.60 Å². The number of nitrogens with zero attached hydrogens (tertiary/aromatic N) is 1. The van der Waals surface area contributed by atoms with E-state index in [1.165, 1.54) is 32.1 Å². The van der Waals surface area contributed by atoms with E-state index < -0.39 is 5.60 Å². The third-order valence-corrected chi connectivity index (χ3v) is 4.31. The van der Waals surface area contributed by atoms with Crippen LogP contribution in [0.2, 0.25) is 0 Å². The maximum atomic E-state index is 11.9. The standard InChI is InChI=1S/C17H33NO3/c1-17(2,3)21-16(20)18(4)12-11-15-9-7-14(8-10-15)6-5-13-19/h14-15,19H,5-13H2,1-4H3. The van der Waals surface area contributed by atoms with Gasteiger partial charge in [-0.3, -0.25) is 0 Å². The molecule has 0 aliphatic heterocycles. The Hall–Kier alpha value is -0.770. The van der Waals surface area contributed by atoms with Gasteiger partial charge in [-0.25, -0.2) is 4.79 Å². The van der Waals surface area contributed by atoms with E-state index in [0.29, 0.717) is 6.61 Å². The zero-order valence-corrected chi connectivity index (χ0v) is 14.2. The summed E-state index contributed by atoms with van der Waals surface area (Å²) in [6.45, 7) is 6.78. The van der Waals surface area contributed by atoms with Crippen molar-refractivity contribution in [2.75, 3.05) is 20.2 Å². The highest BCUT2D eigenvalue weighted by Crippen LogP contribution is 2.33. The van der Waals surface area contributed by atoms with E-state index in [1.807, 2.05) is 27.8 Å². The first-order chi connectivity index (χ1) is 9.81. The van der Waals surface area contributed by atoms with Crippen LogP contribution in [0.15, 0.2) is 0 Å². The minimum Gasteiger partial charge on any atom is -0.444 e. The monoisotopic (exact) mass is 299 g/mol. The van der Waals surface area contributed by atoms with Crippen LogP contribution in [0.25, 0.3) is 0 Å². The van der Waals surface area contributed by atoms with Gasteiger partial charge >= 0.3 is 6.09 Å². The second-order valence-electron chi connectivity index (χ2n) is 7.44. The molecular formula is C17H33NO3. The first-order valence-electron chi connectivity index (χ1n) is 8.37. The lowest BCUT2D eigenvalue weighted by atomic mass is 9.79. The average molecular weight is 299 g/mol. The van der Waals surface area contributed by atoms with Crippen LogP contribution in [-0.4, -0.2) is 41.9 Å². The normalized spacial score (nSPS) is 22.9. The van der Waals surface area contributed by atoms with Gasteiger partial charge < -0.3 is 14.7 Å². The van der Waals surface area contributed by atoms with Crippen LogP contribution in [0, 0.1) is 11.8 Å². The minimum absolute atomic E-state index is 0.223. The largest absolute Gasteiger partial charge is 0.444 e. The van der Waals surface area contributed by atoms with Crippen molar-refractivity contribution in [1.82, 2.24) is 4.90 Å². The Labute approximate surface area is 129 Å². The summed E-state index contributed by atoms with van der Waals surface area (Å²) in [4.78, 5) is 13.6. The molecule has 0 atom stereocenters. The third-order valence-electron chi connectivity index (χ3n) is 4.31. The fraction of sp³-hybridized carbons (Fsp3) is 0.941. The van der Waals surface area contributed by atoms with Gasteiger partial charge in [0, 0.05) is 20.2 Å². The molecule has 1 aliphatic carbocycles. The van der Waals surface area contributed by atoms with Crippen molar-refractivity contribution in [2.24, 2.45) is 11.8 Å². The van der Waals surface area contributed by atoms with Gasteiger partial charge in [0.15, 0.2) is 0 Å². The number of hydrogen-bond acceptors (Lipinski definition) is 3. The highest BCUT2D eigenvalue weighted by Gasteiger charge is 2.23. The lowest BCUT2D eigenvalue weighted by Crippen LogP contribution is -2.35. The minimum atomic E-state index is -0.421. The number of rotatable bonds is 6. The van der Waals surface area contributed by atoms with Crippen molar-refractivity contribution < 1.29 is 14.6 Å².